The fourth-order valence-electron chi connectivity index (χ4n) is 6.97. The summed E-state index contributed by atoms with van der Waals surface area (Å²) in [7, 11) is 3.61. The van der Waals surface area contributed by atoms with Gasteiger partial charge in [0.15, 0.2) is 0 Å². The van der Waals surface area contributed by atoms with E-state index in [4.69, 9.17) is 9.72 Å². The van der Waals surface area contributed by atoms with Gasteiger partial charge in [0.1, 0.15) is 17.9 Å². The number of pyridine rings is 2. The quantitative estimate of drug-likeness (QED) is 0.422. The molecule has 11 nitrogen and oxygen atoms in total. The minimum atomic E-state index is -0.138. The van der Waals surface area contributed by atoms with Crippen LogP contribution in [0.2, 0.25) is 0 Å². The van der Waals surface area contributed by atoms with Gasteiger partial charge in [0.05, 0.1) is 12.6 Å². The Morgan fingerprint density at radius 3 is 2.49 bits per heavy atom. The fraction of sp³-hybridized carbons (Fsp3) is 0.562. The molecule has 0 aromatic carbocycles. The zero-order chi connectivity index (χ0) is 30.1. The molecule has 3 aliphatic rings. The number of rotatable bonds is 7. The summed E-state index contributed by atoms with van der Waals surface area (Å²) in [4.78, 5) is 53.5. The van der Waals surface area contributed by atoms with Crippen LogP contribution in [-0.4, -0.2) is 113 Å². The molecule has 0 bridgehead atoms. The fourth-order valence-corrected chi connectivity index (χ4v) is 6.97. The minimum Gasteiger partial charge on any atom is -0.370 e. The first-order chi connectivity index (χ1) is 20.7. The van der Waals surface area contributed by atoms with Crippen molar-refractivity contribution in [3.63, 3.8) is 0 Å². The van der Waals surface area contributed by atoms with Crippen molar-refractivity contribution in [2.24, 2.45) is 12.5 Å². The maximum Gasteiger partial charge on any atom is 0.274 e. The second-order valence-corrected chi connectivity index (χ2v) is 12.5. The number of piperazine rings is 1. The van der Waals surface area contributed by atoms with Crippen molar-refractivity contribution < 1.29 is 14.3 Å². The van der Waals surface area contributed by atoms with E-state index in [0.717, 1.165) is 87.3 Å². The predicted octanol–water partition coefficient (Wildman–Crippen LogP) is 2.32. The standard InChI is InChI=1S/C32H43N7O4/c1-23-30(41)35(2)16-17-37(23)18-19-43-22-28(40)39-14-9-32(10-15-39)7-12-38(13-8-32)27-5-4-24(20-34-27)26-21-36(3)31(42)29-25(26)6-11-33-29/h4-6,11,20-21,23,33H,7-10,12-19,22H2,1-3H3/t23-/m1/s1. The number of carbonyl (C=O) groups is 2. The highest BCUT2D eigenvalue weighted by molar-refractivity contribution is 5.94. The number of likely N-dealkylation sites (N-methyl/N-ethyl adjacent to an activating group) is 1. The molecular formula is C32H43N7O4. The number of H-pyrrole nitrogens is 1. The van der Waals surface area contributed by atoms with E-state index >= 15 is 0 Å². The molecule has 0 aliphatic carbocycles. The first kappa shape index (κ1) is 29.4. The number of aromatic amines is 1. The number of fused-ring (bicyclic) bond motifs is 1. The Morgan fingerprint density at radius 1 is 1.02 bits per heavy atom. The zero-order valence-corrected chi connectivity index (χ0v) is 25.6. The van der Waals surface area contributed by atoms with E-state index in [1.807, 2.05) is 37.3 Å². The molecule has 1 N–H and O–H groups in total. The van der Waals surface area contributed by atoms with Gasteiger partial charge in [-0.05, 0) is 56.2 Å². The summed E-state index contributed by atoms with van der Waals surface area (Å²) in [5.41, 5.74) is 2.84. The summed E-state index contributed by atoms with van der Waals surface area (Å²) < 4.78 is 7.35. The minimum absolute atomic E-state index is 0.0369. The Bertz CT molecular complexity index is 1510. The lowest BCUT2D eigenvalue weighted by Gasteiger charge is -2.47. The number of likely N-dealkylation sites (tertiary alicyclic amines) is 1. The molecule has 0 radical (unpaired) electrons. The number of hydrogen-bond acceptors (Lipinski definition) is 7. The number of nitrogens with zero attached hydrogens (tertiary/aromatic N) is 6. The van der Waals surface area contributed by atoms with E-state index in [1.54, 1.807) is 22.7 Å². The van der Waals surface area contributed by atoms with Crippen LogP contribution in [0.3, 0.4) is 0 Å². The molecule has 6 rings (SSSR count). The number of hydrogen-bond donors (Lipinski definition) is 1. The molecule has 11 heteroatoms. The number of ether oxygens (including phenoxy) is 1. The lowest BCUT2D eigenvalue weighted by molar-refractivity contribution is -0.142. The van der Waals surface area contributed by atoms with Crippen LogP contribution in [0.25, 0.3) is 22.0 Å². The van der Waals surface area contributed by atoms with E-state index in [0.29, 0.717) is 18.7 Å². The van der Waals surface area contributed by atoms with Crippen LogP contribution in [-0.2, 0) is 21.4 Å². The largest absolute Gasteiger partial charge is 0.370 e. The van der Waals surface area contributed by atoms with E-state index in [2.05, 4.69) is 26.9 Å². The summed E-state index contributed by atoms with van der Waals surface area (Å²) in [6.45, 7) is 8.20. The summed E-state index contributed by atoms with van der Waals surface area (Å²) in [5.74, 6) is 1.18. The SMILES string of the molecule is C[C@@H]1C(=O)N(C)CCN1CCOCC(=O)N1CCC2(CC1)CCN(c1ccc(-c3cn(C)c(=O)c4[nH]ccc34)cn1)CC2. The van der Waals surface area contributed by atoms with Gasteiger partial charge in [-0.15, -0.1) is 0 Å². The van der Waals surface area contributed by atoms with Crippen molar-refractivity contribution in [3.8, 4) is 11.1 Å². The van der Waals surface area contributed by atoms with Gasteiger partial charge in [0.25, 0.3) is 5.56 Å². The molecule has 3 aliphatic heterocycles. The first-order valence-corrected chi connectivity index (χ1v) is 15.5. The Hall–Kier alpha value is -3.70. The summed E-state index contributed by atoms with van der Waals surface area (Å²) in [6, 6.07) is 5.98. The zero-order valence-electron chi connectivity index (χ0n) is 25.6. The normalized spacial score (nSPS) is 21.2. The molecule has 0 saturated carbocycles. The Kier molecular flexibility index (Phi) is 8.28. The van der Waals surface area contributed by atoms with Crippen LogP contribution in [0.15, 0.2) is 41.6 Å². The van der Waals surface area contributed by atoms with Crippen LogP contribution in [0.1, 0.15) is 32.6 Å². The number of aryl methyl sites for hydroxylation is 1. The third-order valence-corrected chi connectivity index (χ3v) is 10.0. The number of piperidine rings is 2. The van der Waals surface area contributed by atoms with Crippen molar-refractivity contribution in [2.45, 2.75) is 38.6 Å². The molecule has 3 aromatic heterocycles. The smallest absolute Gasteiger partial charge is 0.274 e. The average Bonchev–Trinajstić information content (AvgIpc) is 3.52. The van der Waals surface area contributed by atoms with Crippen LogP contribution in [0.4, 0.5) is 5.82 Å². The number of nitrogens with one attached hydrogen (secondary N) is 1. The molecule has 1 spiro atoms. The maximum atomic E-state index is 12.8. The van der Waals surface area contributed by atoms with Crippen molar-refractivity contribution in [2.75, 3.05) is 71.0 Å². The second-order valence-electron chi connectivity index (χ2n) is 12.5. The monoisotopic (exact) mass is 589 g/mol. The third-order valence-electron chi connectivity index (χ3n) is 10.0. The number of amides is 2. The Labute approximate surface area is 252 Å². The highest BCUT2D eigenvalue weighted by Gasteiger charge is 2.39. The predicted molar refractivity (Wildman–Crippen MR) is 166 cm³/mol. The van der Waals surface area contributed by atoms with E-state index in [1.165, 1.54) is 0 Å². The van der Waals surface area contributed by atoms with Crippen LogP contribution >= 0.6 is 0 Å². The lowest BCUT2D eigenvalue weighted by atomic mass is 9.71. The Morgan fingerprint density at radius 2 is 1.77 bits per heavy atom. The molecule has 3 saturated heterocycles. The molecule has 230 valence electrons. The molecule has 2 amide bonds. The van der Waals surface area contributed by atoms with Gasteiger partial charge >= 0.3 is 0 Å². The molecule has 6 heterocycles. The summed E-state index contributed by atoms with van der Waals surface area (Å²) in [5, 5.41) is 0.909. The lowest BCUT2D eigenvalue weighted by Crippen LogP contribution is -2.55. The van der Waals surface area contributed by atoms with Crippen molar-refractivity contribution in [1.82, 2.24) is 29.2 Å². The van der Waals surface area contributed by atoms with Gasteiger partial charge < -0.3 is 29.0 Å². The summed E-state index contributed by atoms with van der Waals surface area (Å²) >= 11 is 0. The van der Waals surface area contributed by atoms with Gasteiger partial charge in [-0.2, -0.15) is 0 Å². The van der Waals surface area contributed by atoms with Gasteiger partial charge in [0.2, 0.25) is 11.8 Å². The second kappa shape index (κ2) is 12.1. The van der Waals surface area contributed by atoms with Gasteiger partial charge in [-0.25, -0.2) is 4.98 Å². The van der Waals surface area contributed by atoms with E-state index < -0.39 is 0 Å². The average molecular weight is 590 g/mol. The molecular weight excluding hydrogens is 546 g/mol. The van der Waals surface area contributed by atoms with Crippen molar-refractivity contribution in [1.29, 1.82) is 0 Å². The summed E-state index contributed by atoms with van der Waals surface area (Å²) in [6.07, 6.45) is 9.84. The third kappa shape index (κ3) is 5.92. The van der Waals surface area contributed by atoms with Crippen LogP contribution < -0.4 is 10.5 Å². The molecule has 1 atom stereocenters. The molecule has 43 heavy (non-hydrogen) atoms. The van der Waals surface area contributed by atoms with E-state index in [-0.39, 0.29) is 35.4 Å². The van der Waals surface area contributed by atoms with Crippen molar-refractivity contribution >= 4 is 28.5 Å². The van der Waals surface area contributed by atoms with Gasteiger partial charge in [0, 0.05) is 95.0 Å². The van der Waals surface area contributed by atoms with Gasteiger partial charge in [-0.3, -0.25) is 19.3 Å². The molecule has 0 unspecified atom stereocenters. The van der Waals surface area contributed by atoms with Crippen LogP contribution in [0, 0.1) is 5.41 Å². The first-order valence-electron chi connectivity index (χ1n) is 15.5. The maximum absolute atomic E-state index is 12.8. The Balaban J connectivity index is 0.956. The number of aromatic nitrogens is 3. The molecule has 3 fully saturated rings. The van der Waals surface area contributed by atoms with Crippen molar-refractivity contribution in [3.05, 3.63) is 47.1 Å². The number of carbonyl (C=O) groups excluding carboxylic acids is 2. The number of anilines is 1. The molecule has 3 aromatic rings. The highest BCUT2D eigenvalue weighted by atomic mass is 16.5. The van der Waals surface area contributed by atoms with E-state index in [9.17, 15) is 14.4 Å². The van der Waals surface area contributed by atoms with Gasteiger partial charge in [-0.1, -0.05) is 0 Å². The topological polar surface area (TPSA) is 107 Å². The van der Waals surface area contributed by atoms with Crippen LogP contribution in [0.5, 0.6) is 0 Å². The highest BCUT2D eigenvalue weighted by Crippen LogP contribution is 2.42.